The first-order valence-corrected chi connectivity index (χ1v) is 9.22. The van der Waals surface area contributed by atoms with Gasteiger partial charge in [-0.05, 0) is 18.2 Å². The molecule has 1 saturated heterocycles. The quantitative estimate of drug-likeness (QED) is 0.776. The third kappa shape index (κ3) is 5.14. The molecule has 118 valence electrons. The summed E-state index contributed by atoms with van der Waals surface area (Å²) in [6.45, 7) is 4.12. The van der Waals surface area contributed by atoms with Crippen molar-refractivity contribution in [1.29, 1.82) is 0 Å². The van der Waals surface area contributed by atoms with Gasteiger partial charge in [0.25, 0.3) is 0 Å². The highest BCUT2D eigenvalue weighted by atomic mass is 79.9. The molecule has 2 rings (SSSR count). The van der Waals surface area contributed by atoms with Crippen molar-refractivity contribution in [2.75, 3.05) is 50.3 Å². The van der Waals surface area contributed by atoms with Crippen LogP contribution in [0.15, 0.2) is 22.7 Å². The minimum absolute atomic E-state index is 0.0721. The van der Waals surface area contributed by atoms with Crippen LogP contribution in [0.3, 0.4) is 0 Å². The predicted molar refractivity (Wildman–Crippen MR) is 87.4 cm³/mol. The van der Waals surface area contributed by atoms with E-state index in [0.29, 0.717) is 18.0 Å². The number of rotatable bonds is 6. The number of halogens is 1. The molecule has 0 aromatic heterocycles. The van der Waals surface area contributed by atoms with Crippen molar-refractivity contribution < 1.29 is 13.2 Å². The largest absolute Gasteiger partial charge is 0.495 e. The Balaban J connectivity index is 1.98. The third-order valence-corrected chi connectivity index (χ3v) is 5.06. The maximum Gasteiger partial charge on any atom is 0.234 e. The topological polar surface area (TPSA) is 70.7 Å². The first-order chi connectivity index (χ1) is 10.00. The van der Waals surface area contributed by atoms with E-state index in [9.17, 15) is 8.42 Å². The number of piperazine rings is 1. The summed E-state index contributed by atoms with van der Waals surface area (Å²) in [5.41, 5.74) is 0.451. The Morgan fingerprint density at radius 2 is 2.10 bits per heavy atom. The summed E-state index contributed by atoms with van der Waals surface area (Å²) in [7, 11) is -1.88. The maximum atomic E-state index is 12.2. The van der Waals surface area contributed by atoms with Gasteiger partial charge >= 0.3 is 0 Å². The van der Waals surface area contributed by atoms with Gasteiger partial charge in [0.15, 0.2) is 0 Å². The Morgan fingerprint density at radius 1 is 1.38 bits per heavy atom. The molecule has 0 unspecified atom stereocenters. The second-order valence-corrected chi connectivity index (χ2v) is 7.61. The second-order valence-electron chi connectivity index (χ2n) is 4.86. The van der Waals surface area contributed by atoms with Crippen molar-refractivity contribution in [1.82, 2.24) is 10.2 Å². The Bertz CT molecular complexity index is 574. The normalized spacial score (nSPS) is 16.7. The highest BCUT2D eigenvalue weighted by molar-refractivity contribution is 9.10. The molecule has 0 amide bonds. The molecule has 0 bridgehead atoms. The average molecular weight is 378 g/mol. The molecule has 1 aliphatic rings. The number of sulfonamides is 1. The molecule has 1 heterocycles. The third-order valence-electron chi connectivity index (χ3n) is 3.31. The minimum Gasteiger partial charge on any atom is -0.495 e. The lowest BCUT2D eigenvalue weighted by Crippen LogP contribution is -2.45. The van der Waals surface area contributed by atoms with Gasteiger partial charge in [0.1, 0.15) is 5.75 Å². The molecule has 0 aliphatic carbocycles. The van der Waals surface area contributed by atoms with Crippen molar-refractivity contribution in [2.24, 2.45) is 0 Å². The molecule has 1 aromatic carbocycles. The van der Waals surface area contributed by atoms with Crippen molar-refractivity contribution in [3.63, 3.8) is 0 Å². The first kappa shape index (κ1) is 16.5. The van der Waals surface area contributed by atoms with E-state index in [0.717, 1.165) is 30.7 Å². The van der Waals surface area contributed by atoms with E-state index in [1.165, 1.54) is 7.11 Å². The SMILES string of the molecule is COc1ccc(Br)cc1NS(=O)(=O)CCN1CCNCC1. The Labute approximate surface area is 134 Å². The lowest BCUT2D eigenvalue weighted by Gasteiger charge is -2.27. The molecule has 8 heteroatoms. The lowest BCUT2D eigenvalue weighted by atomic mass is 10.3. The fraction of sp³-hybridized carbons (Fsp3) is 0.538. The smallest absolute Gasteiger partial charge is 0.234 e. The van der Waals surface area contributed by atoms with Crippen molar-refractivity contribution in [3.8, 4) is 5.75 Å². The van der Waals surface area contributed by atoms with Gasteiger partial charge in [-0.25, -0.2) is 8.42 Å². The summed E-state index contributed by atoms with van der Waals surface area (Å²) < 4.78 is 33.0. The average Bonchev–Trinajstić information content (AvgIpc) is 2.46. The van der Waals surface area contributed by atoms with Crippen LogP contribution in [0, 0.1) is 0 Å². The van der Waals surface area contributed by atoms with Crippen LogP contribution in [0.4, 0.5) is 5.69 Å². The van der Waals surface area contributed by atoms with Gasteiger partial charge in [-0.2, -0.15) is 0 Å². The van der Waals surface area contributed by atoms with Gasteiger partial charge in [-0.15, -0.1) is 0 Å². The summed E-state index contributed by atoms with van der Waals surface area (Å²) in [6, 6.07) is 5.22. The summed E-state index contributed by atoms with van der Waals surface area (Å²) in [5.74, 6) is 0.576. The predicted octanol–water partition coefficient (Wildman–Crippen LogP) is 1.10. The van der Waals surface area contributed by atoms with E-state index in [1.54, 1.807) is 18.2 Å². The van der Waals surface area contributed by atoms with Gasteiger partial charge in [0.05, 0.1) is 18.6 Å². The molecular formula is C13H20BrN3O3S. The van der Waals surface area contributed by atoms with Crippen LogP contribution in [0.5, 0.6) is 5.75 Å². The molecule has 0 saturated carbocycles. The van der Waals surface area contributed by atoms with E-state index in [2.05, 4.69) is 30.9 Å². The Kier molecular flexibility index (Phi) is 5.86. The molecule has 2 N–H and O–H groups in total. The molecule has 0 radical (unpaired) electrons. The number of nitrogens with zero attached hydrogens (tertiary/aromatic N) is 1. The van der Waals surface area contributed by atoms with Crippen LogP contribution in [0.2, 0.25) is 0 Å². The number of hydrogen-bond acceptors (Lipinski definition) is 5. The summed E-state index contributed by atoms with van der Waals surface area (Å²) >= 11 is 3.33. The Hall–Kier alpha value is -0.830. The molecule has 0 spiro atoms. The number of methoxy groups -OCH3 is 1. The minimum atomic E-state index is -3.40. The highest BCUT2D eigenvalue weighted by Gasteiger charge is 2.17. The van der Waals surface area contributed by atoms with Crippen LogP contribution in [-0.4, -0.2) is 58.9 Å². The van der Waals surface area contributed by atoms with Crippen molar-refractivity contribution >= 4 is 31.6 Å². The monoisotopic (exact) mass is 377 g/mol. The van der Waals surface area contributed by atoms with Gasteiger partial charge in [0, 0.05) is 37.2 Å². The van der Waals surface area contributed by atoms with E-state index >= 15 is 0 Å². The number of anilines is 1. The van der Waals surface area contributed by atoms with E-state index in [1.807, 2.05) is 0 Å². The zero-order valence-corrected chi connectivity index (χ0v) is 14.3. The lowest BCUT2D eigenvalue weighted by molar-refractivity contribution is 0.254. The van der Waals surface area contributed by atoms with Crippen LogP contribution >= 0.6 is 15.9 Å². The highest BCUT2D eigenvalue weighted by Crippen LogP contribution is 2.28. The van der Waals surface area contributed by atoms with Gasteiger partial charge in [-0.3, -0.25) is 9.62 Å². The van der Waals surface area contributed by atoms with E-state index in [-0.39, 0.29) is 5.75 Å². The molecular weight excluding hydrogens is 358 g/mol. The van der Waals surface area contributed by atoms with Crippen LogP contribution in [0.1, 0.15) is 0 Å². The molecule has 6 nitrogen and oxygen atoms in total. The standard InChI is InChI=1S/C13H20BrN3O3S/c1-20-13-3-2-11(14)10-12(13)16-21(18,19)9-8-17-6-4-15-5-7-17/h2-3,10,15-16H,4-9H2,1H3. The summed E-state index contributed by atoms with van der Waals surface area (Å²) in [4.78, 5) is 2.15. The van der Waals surface area contributed by atoms with Crippen LogP contribution in [0.25, 0.3) is 0 Å². The van der Waals surface area contributed by atoms with Crippen LogP contribution < -0.4 is 14.8 Å². The van der Waals surface area contributed by atoms with E-state index < -0.39 is 10.0 Å². The summed E-state index contributed by atoms with van der Waals surface area (Å²) in [6.07, 6.45) is 0. The van der Waals surface area contributed by atoms with Gasteiger partial charge in [0.2, 0.25) is 10.0 Å². The Morgan fingerprint density at radius 3 is 2.76 bits per heavy atom. The van der Waals surface area contributed by atoms with Gasteiger partial charge in [-0.1, -0.05) is 15.9 Å². The maximum absolute atomic E-state index is 12.2. The van der Waals surface area contributed by atoms with E-state index in [4.69, 9.17) is 4.74 Å². The molecule has 1 aromatic rings. The molecule has 1 fully saturated rings. The second kappa shape index (κ2) is 7.44. The molecule has 21 heavy (non-hydrogen) atoms. The zero-order chi connectivity index (χ0) is 15.3. The van der Waals surface area contributed by atoms with Crippen molar-refractivity contribution in [3.05, 3.63) is 22.7 Å². The van der Waals surface area contributed by atoms with Gasteiger partial charge < -0.3 is 10.1 Å². The summed E-state index contributed by atoms with van der Waals surface area (Å²) in [5, 5.41) is 3.24. The zero-order valence-electron chi connectivity index (χ0n) is 11.9. The molecule has 1 aliphatic heterocycles. The molecule has 0 atom stereocenters. The fourth-order valence-corrected chi connectivity index (χ4v) is 3.62. The fourth-order valence-electron chi connectivity index (χ4n) is 2.16. The van der Waals surface area contributed by atoms with Crippen LogP contribution in [-0.2, 0) is 10.0 Å². The first-order valence-electron chi connectivity index (χ1n) is 6.77. The number of ether oxygens (including phenoxy) is 1. The number of benzene rings is 1. The van der Waals surface area contributed by atoms with Crippen molar-refractivity contribution in [2.45, 2.75) is 0 Å². The number of hydrogen-bond donors (Lipinski definition) is 2. The number of nitrogens with one attached hydrogen (secondary N) is 2.